The third-order valence-electron chi connectivity index (χ3n) is 4.72. The Labute approximate surface area is 180 Å². The number of H-pyrrole nitrogens is 1. The molecule has 11 nitrogen and oxygen atoms in total. The minimum atomic E-state index is -0.586. The number of hydrazone groups is 1. The van der Waals surface area contributed by atoms with E-state index in [1.54, 1.807) is 4.57 Å². The molecular weight excluding hydrogens is 416 g/mol. The lowest BCUT2D eigenvalue weighted by Gasteiger charge is -2.10. The number of hydrogen-bond donors (Lipinski definition) is 4. The molecule has 0 aliphatic heterocycles. The van der Waals surface area contributed by atoms with E-state index in [1.165, 1.54) is 36.0 Å². The average molecular weight is 436 g/mol. The highest BCUT2D eigenvalue weighted by Crippen LogP contribution is 2.21. The van der Waals surface area contributed by atoms with E-state index >= 15 is 0 Å². The summed E-state index contributed by atoms with van der Waals surface area (Å²) in [6.45, 7) is 0.476. The summed E-state index contributed by atoms with van der Waals surface area (Å²) in [5.41, 5.74) is 2.30. The normalized spacial score (nSPS) is 11.3. The van der Waals surface area contributed by atoms with Crippen LogP contribution in [0.2, 0.25) is 0 Å². The Morgan fingerprint density at radius 1 is 1.19 bits per heavy atom. The third kappa shape index (κ3) is 4.17. The van der Waals surface area contributed by atoms with Crippen molar-refractivity contribution in [1.82, 2.24) is 19.1 Å². The zero-order valence-corrected chi connectivity index (χ0v) is 17.0. The molecule has 32 heavy (non-hydrogen) atoms. The van der Waals surface area contributed by atoms with Gasteiger partial charge in [-0.3, -0.25) is 18.9 Å². The number of nitrogens with zero attached hydrogens (tertiary/aromatic N) is 4. The number of imidazole rings is 1. The number of hydrogen-bond acceptors (Lipinski definition) is 8. The van der Waals surface area contributed by atoms with Gasteiger partial charge in [0.1, 0.15) is 23.9 Å². The second kappa shape index (κ2) is 8.68. The topological polar surface area (TPSA) is 147 Å². The summed E-state index contributed by atoms with van der Waals surface area (Å²) >= 11 is 0. The van der Waals surface area contributed by atoms with Crippen LogP contribution in [0.1, 0.15) is 5.56 Å². The zero-order chi connectivity index (χ0) is 22.7. The van der Waals surface area contributed by atoms with Gasteiger partial charge < -0.3 is 14.9 Å². The number of aromatic amines is 1. The van der Waals surface area contributed by atoms with Crippen LogP contribution in [0.15, 0.2) is 63.2 Å². The van der Waals surface area contributed by atoms with Gasteiger partial charge in [0.15, 0.2) is 11.2 Å². The number of aryl methyl sites for hydroxylation is 1. The zero-order valence-electron chi connectivity index (χ0n) is 17.0. The van der Waals surface area contributed by atoms with E-state index in [0.29, 0.717) is 11.3 Å². The Hall–Kier alpha value is -4.54. The molecule has 4 rings (SSSR count). The molecule has 4 N–H and O–H groups in total. The minimum Gasteiger partial charge on any atom is -0.508 e. The van der Waals surface area contributed by atoms with E-state index in [9.17, 15) is 19.8 Å². The predicted molar refractivity (Wildman–Crippen MR) is 119 cm³/mol. The summed E-state index contributed by atoms with van der Waals surface area (Å²) in [5, 5.41) is 23.3. The molecule has 0 bridgehead atoms. The lowest BCUT2D eigenvalue weighted by Crippen LogP contribution is -2.29. The van der Waals surface area contributed by atoms with E-state index in [-0.39, 0.29) is 41.8 Å². The standard InChI is InChI=1S/C21H20N6O5/c1-26-18-17(19(30)24-21(26)31)27(9-10-32-15-5-3-2-4-6-15)20(23-18)25-22-12-13-7-8-14(28)11-16(13)29/h2-8,11-12,28-29H,9-10H2,1H3,(H,23,25)(H,24,30,31)/b22-12+. The lowest BCUT2D eigenvalue weighted by molar-refractivity contribution is 0.301. The molecule has 0 radical (unpaired) electrons. The Morgan fingerprint density at radius 2 is 1.97 bits per heavy atom. The monoisotopic (exact) mass is 436 g/mol. The number of ether oxygens (including phenoxy) is 1. The van der Waals surface area contributed by atoms with Gasteiger partial charge in [-0.15, -0.1) is 0 Å². The van der Waals surface area contributed by atoms with Gasteiger partial charge in [0, 0.05) is 18.7 Å². The molecule has 0 unspecified atom stereocenters. The van der Waals surface area contributed by atoms with Crippen LogP contribution in [0.5, 0.6) is 17.2 Å². The van der Waals surface area contributed by atoms with Gasteiger partial charge in [-0.25, -0.2) is 10.2 Å². The molecule has 0 atom stereocenters. The number of phenols is 2. The molecule has 2 heterocycles. The van der Waals surface area contributed by atoms with Gasteiger partial charge in [0.25, 0.3) is 5.56 Å². The molecule has 2 aromatic heterocycles. The molecular formula is C21H20N6O5. The van der Waals surface area contributed by atoms with Crippen LogP contribution in [0.3, 0.4) is 0 Å². The van der Waals surface area contributed by atoms with Crippen molar-refractivity contribution in [3.8, 4) is 17.2 Å². The van der Waals surface area contributed by atoms with Crippen molar-refractivity contribution >= 4 is 23.3 Å². The second-order valence-corrected chi connectivity index (χ2v) is 6.85. The molecule has 0 saturated carbocycles. The van der Waals surface area contributed by atoms with Gasteiger partial charge >= 0.3 is 5.69 Å². The van der Waals surface area contributed by atoms with Gasteiger partial charge in [-0.05, 0) is 24.3 Å². The maximum Gasteiger partial charge on any atom is 0.329 e. The summed E-state index contributed by atoms with van der Waals surface area (Å²) < 4.78 is 8.51. The molecule has 4 aromatic rings. The fraction of sp³-hybridized carbons (Fsp3) is 0.143. The number of benzene rings is 2. The first-order valence-electron chi connectivity index (χ1n) is 9.62. The summed E-state index contributed by atoms with van der Waals surface area (Å²) in [5.74, 6) is 0.651. The van der Waals surface area contributed by atoms with Crippen LogP contribution in [-0.4, -0.2) is 42.1 Å². The fourth-order valence-electron chi connectivity index (χ4n) is 3.11. The van der Waals surface area contributed by atoms with Crippen molar-refractivity contribution in [2.24, 2.45) is 12.1 Å². The van der Waals surface area contributed by atoms with Gasteiger partial charge in [0.2, 0.25) is 5.95 Å². The molecule has 0 fully saturated rings. The molecule has 0 saturated heterocycles. The van der Waals surface area contributed by atoms with Crippen molar-refractivity contribution in [3.05, 3.63) is 74.9 Å². The van der Waals surface area contributed by atoms with E-state index in [4.69, 9.17) is 4.74 Å². The van der Waals surface area contributed by atoms with Crippen molar-refractivity contribution < 1.29 is 14.9 Å². The number of phenolic OH excluding ortho intramolecular Hbond substituents is 2. The molecule has 0 aliphatic rings. The number of anilines is 1. The summed E-state index contributed by atoms with van der Waals surface area (Å²) in [4.78, 5) is 31.1. The Morgan fingerprint density at radius 3 is 2.72 bits per heavy atom. The molecule has 164 valence electrons. The number of nitrogens with one attached hydrogen (secondary N) is 2. The van der Waals surface area contributed by atoms with Crippen molar-refractivity contribution in [2.45, 2.75) is 6.54 Å². The average Bonchev–Trinajstić information content (AvgIpc) is 3.13. The first kappa shape index (κ1) is 20.7. The quantitative estimate of drug-likeness (QED) is 0.253. The Balaban J connectivity index is 1.65. The number of rotatable bonds is 7. The second-order valence-electron chi connectivity index (χ2n) is 6.85. The van der Waals surface area contributed by atoms with Gasteiger partial charge in [0.05, 0.1) is 12.8 Å². The molecule has 0 amide bonds. The molecule has 2 aromatic carbocycles. The molecule has 0 aliphatic carbocycles. The first-order valence-corrected chi connectivity index (χ1v) is 9.62. The maximum atomic E-state index is 12.5. The highest BCUT2D eigenvalue weighted by Gasteiger charge is 2.17. The number of fused-ring (bicyclic) bond motifs is 1. The third-order valence-corrected chi connectivity index (χ3v) is 4.72. The van der Waals surface area contributed by atoms with E-state index in [0.717, 1.165) is 0 Å². The molecule has 11 heteroatoms. The van der Waals surface area contributed by atoms with Crippen molar-refractivity contribution in [2.75, 3.05) is 12.0 Å². The highest BCUT2D eigenvalue weighted by molar-refractivity contribution is 5.84. The van der Waals surface area contributed by atoms with Crippen LogP contribution in [0.25, 0.3) is 11.2 Å². The van der Waals surface area contributed by atoms with Crippen LogP contribution in [0, 0.1) is 0 Å². The predicted octanol–water partition coefficient (Wildman–Crippen LogP) is 1.36. The number of aromatic hydroxyl groups is 2. The van der Waals surface area contributed by atoms with Crippen LogP contribution in [0.4, 0.5) is 5.95 Å². The van der Waals surface area contributed by atoms with Crippen molar-refractivity contribution in [3.63, 3.8) is 0 Å². The van der Waals surface area contributed by atoms with E-state index < -0.39 is 11.2 Å². The summed E-state index contributed by atoms with van der Waals surface area (Å²) in [6.07, 6.45) is 1.34. The SMILES string of the molecule is Cn1c(=O)[nH]c(=O)c2c1nc(N/N=C/c1ccc(O)cc1O)n2CCOc1ccccc1. The van der Waals surface area contributed by atoms with E-state index in [2.05, 4.69) is 20.5 Å². The largest absolute Gasteiger partial charge is 0.508 e. The first-order chi connectivity index (χ1) is 15.4. The number of para-hydroxylation sites is 1. The lowest BCUT2D eigenvalue weighted by atomic mass is 10.2. The number of aromatic nitrogens is 4. The smallest absolute Gasteiger partial charge is 0.329 e. The fourth-order valence-corrected chi connectivity index (χ4v) is 3.11. The van der Waals surface area contributed by atoms with Crippen LogP contribution < -0.4 is 21.4 Å². The Kier molecular flexibility index (Phi) is 5.62. The summed E-state index contributed by atoms with van der Waals surface area (Å²) in [6, 6.07) is 13.3. The Bertz CT molecular complexity index is 1400. The van der Waals surface area contributed by atoms with Crippen molar-refractivity contribution in [1.29, 1.82) is 0 Å². The van der Waals surface area contributed by atoms with Crippen LogP contribution >= 0.6 is 0 Å². The van der Waals surface area contributed by atoms with E-state index in [1.807, 2.05) is 30.3 Å². The molecule has 0 spiro atoms. The highest BCUT2D eigenvalue weighted by atomic mass is 16.5. The van der Waals surface area contributed by atoms with Gasteiger partial charge in [-0.2, -0.15) is 10.1 Å². The minimum absolute atomic E-state index is 0.0760. The van der Waals surface area contributed by atoms with Crippen LogP contribution in [-0.2, 0) is 13.6 Å². The van der Waals surface area contributed by atoms with Gasteiger partial charge in [-0.1, -0.05) is 18.2 Å². The summed E-state index contributed by atoms with van der Waals surface area (Å²) in [7, 11) is 1.50. The maximum absolute atomic E-state index is 12.5.